The van der Waals surface area contributed by atoms with Gasteiger partial charge in [-0.2, -0.15) is 0 Å². The average Bonchev–Trinajstić information content (AvgIpc) is 3.63. The largest absolute Gasteiger partial charge is 0.299 e. The van der Waals surface area contributed by atoms with Gasteiger partial charge in [0, 0.05) is 18.0 Å². The van der Waals surface area contributed by atoms with Gasteiger partial charge in [0.15, 0.2) is 0 Å². The van der Waals surface area contributed by atoms with E-state index in [1.165, 1.54) is 61.3 Å². The molecule has 1 aromatic heterocycles. The van der Waals surface area contributed by atoms with Gasteiger partial charge in [0.1, 0.15) is 5.82 Å². The molecule has 5 aromatic carbocycles. The van der Waals surface area contributed by atoms with E-state index in [4.69, 9.17) is 4.98 Å². The Bertz CT molecular complexity index is 2160. The zero-order valence-corrected chi connectivity index (χ0v) is 35.0. The Morgan fingerprint density at radius 2 is 0.963 bits per heavy atom. The first kappa shape index (κ1) is 39.0. The second kappa shape index (κ2) is 15.2. The Kier molecular flexibility index (Phi) is 11.0. The van der Waals surface area contributed by atoms with Gasteiger partial charge in [-0.1, -0.05) is 162 Å². The van der Waals surface area contributed by atoms with Crippen LogP contribution in [-0.2, 0) is 10.8 Å². The summed E-state index contributed by atoms with van der Waals surface area (Å²) in [5, 5.41) is 0. The van der Waals surface area contributed by atoms with Gasteiger partial charge >= 0.3 is 0 Å². The van der Waals surface area contributed by atoms with Crippen LogP contribution >= 0.6 is 0 Å². The summed E-state index contributed by atoms with van der Waals surface area (Å²) in [4.78, 5) is 4.86. The van der Waals surface area contributed by atoms with E-state index in [9.17, 15) is 0 Å². The third-order valence-corrected chi connectivity index (χ3v) is 11.4. The monoisotopic (exact) mass is 714 g/mol. The molecule has 0 fully saturated rings. The van der Waals surface area contributed by atoms with Crippen LogP contribution in [0.15, 0.2) is 122 Å². The number of imidazole rings is 1. The van der Waals surface area contributed by atoms with Gasteiger partial charge in [-0.15, -0.1) is 0 Å². The predicted molar refractivity (Wildman–Crippen MR) is 234 cm³/mol. The predicted octanol–water partition coefficient (Wildman–Crippen LogP) is 15.2. The third kappa shape index (κ3) is 8.34. The average molecular weight is 715 g/mol. The van der Waals surface area contributed by atoms with Gasteiger partial charge < -0.3 is 0 Å². The minimum atomic E-state index is 0.0929. The molecule has 6 rings (SSSR count). The molecule has 0 unspecified atom stereocenters. The molecule has 0 N–H and O–H groups in total. The Morgan fingerprint density at radius 3 is 1.41 bits per heavy atom. The Labute approximate surface area is 326 Å². The van der Waals surface area contributed by atoms with Crippen molar-refractivity contribution in [1.29, 1.82) is 0 Å². The lowest BCUT2D eigenvalue weighted by atomic mass is 9.72. The van der Waals surface area contributed by atoms with Gasteiger partial charge in [-0.3, -0.25) is 4.57 Å². The van der Waals surface area contributed by atoms with Crippen molar-refractivity contribution >= 4 is 0 Å². The molecule has 0 atom stereocenters. The van der Waals surface area contributed by atoms with Crippen LogP contribution < -0.4 is 0 Å². The molecule has 2 heteroatoms. The SMILES string of the molecule is CCC(C)(C)c1ccc(-c2cc(-c3ccc(C(C)(C)CC(C)(C)C)cc3)cc(-c3cc(C(C)C)c(-n4ccnc4-c4ccccc4)c(C(C)C)c3)c2)cc1. The van der Waals surface area contributed by atoms with E-state index >= 15 is 0 Å². The van der Waals surface area contributed by atoms with Crippen molar-refractivity contribution in [3.63, 3.8) is 0 Å². The van der Waals surface area contributed by atoms with Crippen molar-refractivity contribution in [2.24, 2.45) is 5.41 Å². The molecule has 6 aromatic rings. The minimum Gasteiger partial charge on any atom is -0.299 e. The molecule has 54 heavy (non-hydrogen) atoms. The topological polar surface area (TPSA) is 17.8 Å². The van der Waals surface area contributed by atoms with Crippen LogP contribution in [0.5, 0.6) is 0 Å². The lowest BCUT2D eigenvalue weighted by Crippen LogP contribution is -2.24. The molecule has 1 heterocycles. The van der Waals surface area contributed by atoms with Crippen LogP contribution in [0.1, 0.15) is 130 Å². The summed E-state index contributed by atoms with van der Waals surface area (Å²) in [6, 6.07) is 41.3. The summed E-state index contributed by atoms with van der Waals surface area (Å²) < 4.78 is 2.31. The van der Waals surface area contributed by atoms with Crippen LogP contribution in [-0.4, -0.2) is 9.55 Å². The Hall–Kier alpha value is -4.69. The van der Waals surface area contributed by atoms with E-state index < -0.39 is 0 Å². The first-order valence-electron chi connectivity index (χ1n) is 20.1. The van der Waals surface area contributed by atoms with E-state index in [2.05, 4.69) is 203 Å². The summed E-state index contributed by atoms with van der Waals surface area (Å²) in [5.74, 6) is 1.59. The van der Waals surface area contributed by atoms with Crippen LogP contribution in [0.3, 0.4) is 0 Å². The smallest absolute Gasteiger partial charge is 0.144 e. The second-order valence-corrected chi connectivity index (χ2v) is 18.6. The molecule has 0 saturated carbocycles. The van der Waals surface area contributed by atoms with Crippen LogP contribution in [0.4, 0.5) is 0 Å². The normalized spacial score (nSPS) is 12.6. The Morgan fingerprint density at radius 1 is 0.519 bits per heavy atom. The molecule has 0 saturated heterocycles. The van der Waals surface area contributed by atoms with E-state index in [-0.39, 0.29) is 16.2 Å². The molecule has 2 nitrogen and oxygen atoms in total. The third-order valence-electron chi connectivity index (χ3n) is 11.4. The lowest BCUT2D eigenvalue weighted by Gasteiger charge is -2.33. The van der Waals surface area contributed by atoms with Crippen molar-refractivity contribution in [3.8, 4) is 50.5 Å². The van der Waals surface area contributed by atoms with Gasteiger partial charge in [0.2, 0.25) is 0 Å². The molecule has 0 aliphatic carbocycles. The first-order chi connectivity index (χ1) is 25.5. The van der Waals surface area contributed by atoms with Crippen LogP contribution in [0.2, 0.25) is 0 Å². The molecule has 0 aliphatic rings. The molecule has 0 amide bonds. The summed E-state index contributed by atoms with van der Waals surface area (Å²) in [5.41, 5.74) is 15.7. The maximum atomic E-state index is 4.86. The summed E-state index contributed by atoms with van der Waals surface area (Å²) in [6.45, 7) is 28.0. The molecular formula is C52H62N2. The summed E-state index contributed by atoms with van der Waals surface area (Å²) in [6.07, 6.45) is 6.29. The number of hydrogen-bond acceptors (Lipinski definition) is 1. The Balaban J connectivity index is 1.53. The maximum absolute atomic E-state index is 4.86. The fraction of sp³-hybridized carbons (Fsp3) is 0.365. The number of aromatic nitrogens is 2. The lowest BCUT2D eigenvalue weighted by molar-refractivity contribution is 0.284. The fourth-order valence-corrected chi connectivity index (χ4v) is 8.28. The highest BCUT2D eigenvalue weighted by atomic mass is 15.1. The van der Waals surface area contributed by atoms with Gasteiger partial charge in [-0.25, -0.2) is 4.98 Å². The van der Waals surface area contributed by atoms with Crippen molar-refractivity contribution in [2.75, 3.05) is 0 Å². The highest BCUT2D eigenvalue weighted by Crippen LogP contribution is 2.42. The molecule has 0 aliphatic heterocycles. The zero-order chi connectivity index (χ0) is 39.0. The molecule has 0 bridgehead atoms. The fourth-order valence-electron chi connectivity index (χ4n) is 8.28. The van der Waals surface area contributed by atoms with Gasteiger partial charge in [0.25, 0.3) is 0 Å². The number of benzene rings is 5. The molecule has 280 valence electrons. The van der Waals surface area contributed by atoms with Crippen molar-refractivity contribution in [1.82, 2.24) is 9.55 Å². The second-order valence-electron chi connectivity index (χ2n) is 18.6. The summed E-state index contributed by atoms with van der Waals surface area (Å²) >= 11 is 0. The first-order valence-corrected chi connectivity index (χ1v) is 20.1. The molecule has 0 radical (unpaired) electrons. The van der Waals surface area contributed by atoms with Gasteiger partial charge in [0.05, 0.1) is 5.69 Å². The number of rotatable bonds is 11. The van der Waals surface area contributed by atoms with E-state index in [1.54, 1.807) is 0 Å². The van der Waals surface area contributed by atoms with Crippen molar-refractivity contribution in [2.45, 2.75) is 119 Å². The number of hydrogen-bond donors (Lipinski definition) is 0. The zero-order valence-electron chi connectivity index (χ0n) is 35.0. The van der Waals surface area contributed by atoms with E-state index in [0.29, 0.717) is 11.8 Å². The maximum Gasteiger partial charge on any atom is 0.144 e. The standard InChI is InChI=1S/C52H62N2/c1-13-51(9,10)44-23-19-37(20-24-44)40-29-41(38-21-25-45(26-22-38)52(11,12)34-50(6,7)8)31-42(30-40)43-32-46(35(2)3)48(47(33-43)36(4)5)54-28-27-53-49(54)39-17-15-14-16-18-39/h14-33,35-36H,13,34H2,1-12H3. The minimum absolute atomic E-state index is 0.0929. The molecule has 0 spiro atoms. The van der Waals surface area contributed by atoms with Crippen LogP contribution in [0.25, 0.3) is 50.5 Å². The van der Waals surface area contributed by atoms with Crippen molar-refractivity contribution in [3.05, 3.63) is 144 Å². The van der Waals surface area contributed by atoms with Crippen LogP contribution in [0, 0.1) is 5.41 Å². The molecular weight excluding hydrogens is 653 g/mol. The van der Waals surface area contributed by atoms with Gasteiger partial charge in [-0.05, 0) is 127 Å². The van der Waals surface area contributed by atoms with E-state index in [0.717, 1.165) is 24.2 Å². The summed E-state index contributed by atoms with van der Waals surface area (Å²) in [7, 11) is 0. The highest BCUT2D eigenvalue weighted by Gasteiger charge is 2.27. The quantitative estimate of drug-likeness (QED) is 0.131. The van der Waals surface area contributed by atoms with Crippen molar-refractivity contribution < 1.29 is 0 Å². The number of nitrogens with zero attached hydrogens (tertiary/aromatic N) is 2. The highest BCUT2D eigenvalue weighted by molar-refractivity contribution is 5.82. The van der Waals surface area contributed by atoms with E-state index in [1.807, 2.05) is 6.20 Å².